The van der Waals surface area contributed by atoms with Crippen molar-refractivity contribution in [1.29, 1.82) is 0 Å². The van der Waals surface area contributed by atoms with Gasteiger partial charge in [0.05, 0.1) is 12.4 Å². The highest BCUT2D eigenvalue weighted by molar-refractivity contribution is 5.94. The van der Waals surface area contributed by atoms with Crippen molar-refractivity contribution in [2.24, 2.45) is 11.7 Å². The quantitative estimate of drug-likeness (QED) is 0.117. The Morgan fingerprint density at radius 1 is 0.865 bits per heavy atom. The molecule has 0 aromatic carbocycles. The zero-order valence-corrected chi connectivity index (χ0v) is 20.6. The second kappa shape index (κ2) is 15.2. The van der Waals surface area contributed by atoms with Crippen LogP contribution in [-0.2, 0) is 35.2 Å². The predicted octanol–water partition coefficient (Wildman–Crippen LogP) is -1.41. The molecule has 206 valence electrons. The van der Waals surface area contributed by atoms with Crippen LogP contribution in [0, 0.1) is 5.92 Å². The van der Waals surface area contributed by atoms with Gasteiger partial charge in [0.1, 0.15) is 18.1 Å². The van der Waals surface area contributed by atoms with Crippen molar-refractivity contribution in [2.75, 3.05) is 0 Å². The molecule has 9 N–H and O–H groups in total. The molecule has 0 aliphatic heterocycles. The van der Waals surface area contributed by atoms with Crippen LogP contribution in [0.2, 0.25) is 0 Å². The van der Waals surface area contributed by atoms with Gasteiger partial charge in [-0.1, -0.05) is 13.8 Å². The second-order valence-corrected chi connectivity index (χ2v) is 8.90. The number of carboxylic acid groups (broad SMARTS) is 3. The van der Waals surface area contributed by atoms with E-state index < -0.39 is 79.1 Å². The van der Waals surface area contributed by atoms with E-state index in [0.29, 0.717) is 12.1 Å². The van der Waals surface area contributed by atoms with Gasteiger partial charge in [-0.3, -0.25) is 24.0 Å². The standard InChI is InChI=1S/C22H34N6O9/c1-11(2)7-13(23)19(33)26-14(3-5-17(29)30)20(34)28-16(8-12-9-24-10-25-12)21(35)27-15(22(36)37)4-6-18(31)32/h9-11,13-16H,3-8,23H2,1-2H3,(H,24,25)(H,26,33)(H,27,35)(H,28,34)(H,29,30)(H,31,32)(H,36,37). The molecule has 37 heavy (non-hydrogen) atoms. The molecular formula is C22H34N6O9. The molecule has 15 heteroatoms. The number of aliphatic carboxylic acids is 3. The number of hydrogen-bond acceptors (Lipinski definition) is 8. The van der Waals surface area contributed by atoms with Gasteiger partial charge in [-0.25, -0.2) is 9.78 Å². The summed E-state index contributed by atoms with van der Waals surface area (Å²) in [5.74, 6) is -6.34. The van der Waals surface area contributed by atoms with E-state index in [4.69, 9.17) is 15.9 Å². The number of nitrogens with one attached hydrogen (secondary N) is 4. The number of H-pyrrole nitrogens is 1. The first-order chi connectivity index (χ1) is 17.3. The minimum absolute atomic E-state index is 0.0813. The van der Waals surface area contributed by atoms with Crippen LogP contribution >= 0.6 is 0 Å². The van der Waals surface area contributed by atoms with Crippen molar-refractivity contribution in [3.05, 3.63) is 18.2 Å². The van der Waals surface area contributed by atoms with Crippen molar-refractivity contribution in [3.63, 3.8) is 0 Å². The number of carboxylic acids is 3. The molecule has 15 nitrogen and oxygen atoms in total. The summed E-state index contributed by atoms with van der Waals surface area (Å²) in [5, 5.41) is 34.3. The van der Waals surface area contributed by atoms with E-state index in [-0.39, 0.29) is 18.8 Å². The summed E-state index contributed by atoms with van der Waals surface area (Å²) in [6.45, 7) is 3.70. The first-order valence-corrected chi connectivity index (χ1v) is 11.6. The van der Waals surface area contributed by atoms with Crippen LogP contribution in [-0.4, -0.2) is 85.1 Å². The van der Waals surface area contributed by atoms with Gasteiger partial charge in [0.15, 0.2) is 0 Å². The Morgan fingerprint density at radius 3 is 1.86 bits per heavy atom. The lowest BCUT2D eigenvalue weighted by Crippen LogP contribution is -2.57. The summed E-state index contributed by atoms with van der Waals surface area (Å²) in [5.41, 5.74) is 6.27. The van der Waals surface area contributed by atoms with E-state index in [2.05, 4.69) is 25.9 Å². The summed E-state index contributed by atoms with van der Waals surface area (Å²) < 4.78 is 0. The lowest BCUT2D eigenvalue weighted by atomic mass is 10.0. The lowest BCUT2D eigenvalue weighted by Gasteiger charge is -2.25. The summed E-state index contributed by atoms with van der Waals surface area (Å²) in [7, 11) is 0. The monoisotopic (exact) mass is 526 g/mol. The number of aromatic nitrogens is 2. The maximum atomic E-state index is 13.1. The molecule has 1 aromatic rings. The molecule has 1 aromatic heterocycles. The highest BCUT2D eigenvalue weighted by atomic mass is 16.4. The highest BCUT2D eigenvalue weighted by Crippen LogP contribution is 2.07. The van der Waals surface area contributed by atoms with E-state index >= 15 is 0 Å². The molecule has 0 aliphatic carbocycles. The van der Waals surface area contributed by atoms with Gasteiger partial charge in [0.2, 0.25) is 17.7 Å². The molecule has 4 unspecified atom stereocenters. The van der Waals surface area contributed by atoms with Gasteiger partial charge in [-0.15, -0.1) is 0 Å². The fraction of sp³-hybridized carbons (Fsp3) is 0.591. The zero-order chi connectivity index (χ0) is 28.1. The Hall–Kier alpha value is -4.01. The minimum Gasteiger partial charge on any atom is -0.481 e. The third kappa shape index (κ3) is 12.0. The molecule has 0 bridgehead atoms. The molecule has 4 atom stereocenters. The van der Waals surface area contributed by atoms with E-state index in [9.17, 15) is 33.9 Å². The smallest absolute Gasteiger partial charge is 0.326 e. The number of aromatic amines is 1. The van der Waals surface area contributed by atoms with Crippen LogP contribution in [0.5, 0.6) is 0 Å². The molecule has 1 rings (SSSR count). The Morgan fingerprint density at radius 2 is 1.38 bits per heavy atom. The third-order valence-corrected chi connectivity index (χ3v) is 5.22. The predicted molar refractivity (Wildman–Crippen MR) is 127 cm³/mol. The number of hydrogen-bond donors (Lipinski definition) is 8. The maximum Gasteiger partial charge on any atom is 0.326 e. The van der Waals surface area contributed by atoms with E-state index in [0.717, 1.165) is 0 Å². The highest BCUT2D eigenvalue weighted by Gasteiger charge is 2.31. The van der Waals surface area contributed by atoms with Crippen LogP contribution < -0.4 is 21.7 Å². The number of carbonyl (C=O) groups is 6. The van der Waals surface area contributed by atoms with Crippen molar-refractivity contribution in [2.45, 2.75) is 76.5 Å². The maximum absolute atomic E-state index is 13.1. The number of imidazole rings is 1. The molecule has 0 aliphatic rings. The average Bonchev–Trinajstić information content (AvgIpc) is 3.30. The summed E-state index contributed by atoms with van der Waals surface area (Å²) in [6, 6.07) is -5.20. The molecule has 1 heterocycles. The number of nitrogens with zero attached hydrogens (tertiary/aromatic N) is 1. The molecular weight excluding hydrogens is 492 g/mol. The zero-order valence-electron chi connectivity index (χ0n) is 20.6. The molecule has 0 saturated heterocycles. The number of rotatable bonds is 17. The number of carbonyl (C=O) groups excluding carboxylic acids is 3. The van der Waals surface area contributed by atoms with E-state index in [1.165, 1.54) is 12.5 Å². The minimum atomic E-state index is -1.54. The Bertz CT molecular complexity index is 950. The van der Waals surface area contributed by atoms with Gasteiger partial charge in [-0.2, -0.15) is 0 Å². The largest absolute Gasteiger partial charge is 0.481 e. The molecule has 0 saturated carbocycles. The molecule has 3 amide bonds. The SMILES string of the molecule is CC(C)CC(N)C(=O)NC(CCC(=O)O)C(=O)NC(Cc1cnc[nH]1)C(=O)NC(CCC(=O)O)C(=O)O. The summed E-state index contributed by atoms with van der Waals surface area (Å²) in [4.78, 5) is 78.5. The van der Waals surface area contributed by atoms with Gasteiger partial charge in [0, 0.05) is 31.2 Å². The van der Waals surface area contributed by atoms with Gasteiger partial charge >= 0.3 is 17.9 Å². The van der Waals surface area contributed by atoms with Gasteiger partial charge < -0.3 is 42.0 Å². The van der Waals surface area contributed by atoms with Crippen LogP contribution in [0.15, 0.2) is 12.5 Å². The lowest BCUT2D eigenvalue weighted by molar-refractivity contribution is -0.143. The molecule has 0 fully saturated rings. The van der Waals surface area contributed by atoms with Gasteiger partial charge in [-0.05, 0) is 25.2 Å². The number of nitrogens with two attached hydrogens (primary N) is 1. The first kappa shape index (κ1) is 31.0. The summed E-state index contributed by atoms with van der Waals surface area (Å²) >= 11 is 0. The fourth-order valence-corrected chi connectivity index (χ4v) is 3.33. The van der Waals surface area contributed by atoms with Crippen molar-refractivity contribution in [1.82, 2.24) is 25.9 Å². The van der Waals surface area contributed by atoms with Gasteiger partial charge in [0.25, 0.3) is 0 Å². The van der Waals surface area contributed by atoms with E-state index in [1.807, 2.05) is 13.8 Å². The molecule has 0 spiro atoms. The first-order valence-electron chi connectivity index (χ1n) is 11.6. The average molecular weight is 527 g/mol. The third-order valence-electron chi connectivity index (χ3n) is 5.22. The Balaban J connectivity index is 3.08. The Labute approximate surface area is 212 Å². The van der Waals surface area contributed by atoms with Crippen molar-refractivity contribution < 1.29 is 44.1 Å². The van der Waals surface area contributed by atoms with Crippen molar-refractivity contribution >= 4 is 35.6 Å². The van der Waals surface area contributed by atoms with Crippen LogP contribution in [0.25, 0.3) is 0 Å². The molecule has 0 radical (unpaired) electrons. The Kier molecular flexibility index (Phi) is 12.7. The summed E-state index contributed by atoms with van der Waals surface area (Å²) in [6.07, 6.45) is 1.18. The fourth-order valence-electron chi connectivity index (χ4n) is 3.33. The van der Waals surface area contributed by atoms with E-state index in [1.54, 1.807) is 0 Å². The normalized spacial score (nSPS) is 14.2. The number of amides is 3. The van der Waals surface area contributed by atoms with Crippen LogP contribution in [0.4, 0.5) is 0 Å². The topological polar surface area (TPSA) is 254 Å². The van der Waals surface area contributed by atoms with Crippen LogP contribution in [0.3, 0.4) is 0 Å². The van der Waals surface area contributed by atoms with Crippen molar-refractivity contribution in [3.8, 4) is 0 Å². The van der Waals surface area contributed by atoms with Crippen LogP contribution in [0.1, 0.15) is 51.6 Å². The second-order valence-electron chi connectivity index (χ2n) is 8.90.